The highest BCUT2D eigenvalue weighted by atomic mass is 35.5. The number of carbonyl (C=O) groups excluding carboxylic acids is 3. The van der Waals surface area contributed by atoms with Crippen molar-refractivity contribution in [2.75, 3.05) is 5.32 Å². The van der Waals surface area contributed by atoms with E-state index >= 15 is 0 Å². The van der Waals surface area contributed by atoms with E-state index in [1.807, 2.05) is 24.3 Å². The minimum atomic E-state index is -0.687. The van der Waals surface area contributed by atoms with Gasteiger partial charge in [0.2, 0.25) is 17.7 Å². The molecule has 2 bridgehead atoms. The third kappa shape index (κ3) is 4.10. The monoisotopic (exact) mass is 493 g/mol. The van der Waals surface area contributed by atoms with Crippen molar-refractivity contribution >= 4 is 51.7 Å². The molecule has 3 aromatic rings. The van der Waals surface area contributed by atoms with E-state index in [2.05, 4.69) is 22.0 Å². The Morgan fingerprint density at radius 3 is 2.69 bits per heavy atom. The molecular weight excluding hydrogens is 470 g/mol. The SMILES string of the molecule is C=C(N)c1nn(CC(=O)N2C3CC[C@@H](C3)[C@H]2C(=O)Nc2cc(C(N)=O)cc(Cl)n2)c2ccccc12. The summed E-state index contributed by atoms with van der Waals surface area (Å²) in [4.78, 5) is 44.1. The quantitative estimate of drug-likeness (QED) is 0.448. The number of hydrogen-bond acceptors (Lipinski definition) is 6. The number of amides is 3. The average Bonchev–Trinajstić information content (AvgIpc) is 3.52. The second-order valence-electron chi connectivity index (χ2n) is 8.94. The number of anilines is 1. The van der Waals surface area contributed by atoms with Crippen molar-refractivity contribution in [3.05, 3.63) is 59.4 Å². The highest BCUT2D eigenvalue weighted by Crippen LogP contribution is 2.43. The maximum Gasteiger partial charge on any atom is 0.248 e. The van der Waals surface area contributed by atoms with Crippen LogP contribution in [0.3, 0.4) is 0 Å². The number of piperidine rings is 1. The van der Waals surface area contributed by atoms with Gasteiger partial charge in [0.15, 0.2) is 0 Å². The first-order valence-electron chi connectivity index (χ1n) is 11.2. The Kier molecular flexibility index (Phi) is 5.68. The summed E-state index contributed by atoms with van der Waals surface area (Å²) in [6, 6.07) is 9.48. The van der Waals surface area contributed by atoms with E-state index in [1.165, 1.54) is 12.1 Å². The van der Waals surface area contributed by atoms with Gasteiger partial charge >= 0.3 is 0 Å². The molecule has 1 aromatic carbocycles. The number of rotatable bonds is 6. The zero-order valence-electron chi connectivity index (χ0n) is 18.8. The minimum absolute atomic E-state index is 0.0254. The average molecular weight is 494 g/mol. The van der Waals surface area contributed by atoms with E-state index < -0.39 is 11.9 Å². The standard InChI is InChI=1S/C24H24ClN7O3/c1-12(26)21-16-4-2-3-5-17(16)31(30-21)11-20(33)32-15-7-6-13(8-15)22(32)24(35)29-19-10-14(23(27)34)9-18(25)28-19/h2-5,9-10,13,15,22H,1,6-8,11,26H2,(H2,27,34)(H,28,29,35)/t13-,15?,22-/m0/s1. The topological polar surface area (TPSA) is 149 Å². The number of pyridine rings is 1. The number of para-hydroxylation sites is 1. The number of fused-ring (bicyclic) bond motifs is 3. The normalized spacial score (nSPS) is 20.8. The number of carbonyl (C=O) groups is 3. The number of primary amides is 1. The molecule has 1 aliphatic carbocycles. The molecule has 10 nitrogen and oxygen atoms in total. The van der Waals surface area contributed by atoms with E-state index in [0.29, 0.717) is 11.4 Å². The molecule has 2 fully saturated rings. The summed E-state index contributed by atoms with van der Waals surface area (Å²) in [6.07, 6.45) is 2.44. The van der Waals surface area contributed by atoms with E-state index in [9.17, 15) is 14.4 Å². The minimum Gasteiger partial charge on any atom is -0.397 e. The third-order valence-electron chi connectivity index (χ3n) is 6.72. The number of aromatic nitrogens is 3. The lowest BCUT2D eigenvalue weighted by Crippen LogP contribution is -2.52. The first kappa shape index (κ1) is 22.9. The molecule has 0 spiro atoms. The van der Waals surface area contributed by atoms with Crippen molar-refractivity contribution in [1.82, 2.24) is 19.7 Å². The first-order chi connectivity index (χ1) is 16.7. The Balaban J connectivity index is 1.40. The highest BCUT2D eigenvalue weighted by Gasteiger charge is 2.51. The summed E-state index contributed by atoms with van der Waals surface area (Å²) in [6.45, 7) is 3.74. The Morgan fingerprint density at radius 1 is 1.17 bits per heavy atom. The van der Waals surface area contributed by atoms with E-state index in [-0.39, 0.29) is 46.9 Å². The van der Waals surface area contributed by atoms with E-state index in [0.717, 1.165) is 30.2 Å². The summed E-state index contributed by atoms with van der Waals surface area (Å²) in [5.41, 5.74) is 13.0. The van der Waals surface area contributed by atoms with Crippen LogP contribution in [-0.4, -0.2) is 49.5 Å². The summed E-state index contributed by atoms with van der Waals surface area (Å²) in [5, 5.41) is 8.06. The van der Waals surface area contributed by atoms with Crippen LogP contribution >= 0.6 is 11.6 Å². The predicted molar refractivity (Wildman–Crippen MR) is 131 cm³/mol. The molecule has 3 atom stereocenters. The third-order valence-corrected chi connectivity index (χ3v) is 6.91. The highest BCUT2D eigenvalue weighted by molar-refractivity contribution is 6.30. The van der Waals surface area contributed by atoms with Crippen LogP contribution in [0.2, 0.25) is 5.15 Å². The molecule has 2 aromatic heterocycles. The van der Waals surface area contributed by atoms with Crippen molar-refractivity contribution in [2.45, 2.75) is 37.9 Å². The summed E-state index contributed by atoms with van der Waals surface area (Å²) in [7, 11) is 0. The van der Waals surface area contributed by atoms with Crippen LogP contribution in [0, 0.1) is 5.92 Å². The molecular formula is C24H24ClN7O3. The van der Waals surface area contributed by atoms with Crippen molar-refractivity contribution in [1.29, 1.82) is 0 Å². The number of benzene rings is 1. The van der Waals surface area contributed by atoms with Gasteiger partial charge in [0.05, 0.1) is 11.2 Å². The lowest BCUT2D eigenvalue weighted by Gasteiger charge is -2.34. The second kappa shape index (κ2) is 8.70. The Morgan fingerprint density at radius 2 is 1.94 bits per heavy atom. The molecule has 5 N–H and O–H groups in total. The van der Waals surface area contributed by atoms with Gasteiger partial charge in [-0.15, -0.1) is 0 Å². The lowest BCUT2D eigenvalue weighted by molar-refractivity contribution is -0.141. The number of hydrogen-bond donors (Lipinski definition) is 3. The molecule has 5 rings (SSSR count). The molecule has 0 radical (unpaired) electrons. The van der Waals surface area contributed by atoms with Crippen molar-refractivity contribution in [2.24, 2.45) is 17.4 Å². The van der Waals surface area contributed by atoms with Crippen LogP contribution in [0.15, 0.2) is 43.0 Å². The molecule has 180 valence electrons. The molecule has 1 aliphatic heterocycles. The fourth-order valence-corrected chi connectivity index (χ4v) is 5.49. The molecule has 1 unspecified atom stereocenters. The van der Waals surface area contributed by atoms with Crippen molar-refractivity contribution < 1.29 is 14.4 Å². The Hall–Kier alpha value is -3.92. The molecule has 3 heterocycles. The molecule has 1 saturated carbocycles. The number of nitrogens with two attached hydrogens (primary N) is 2. The fourth-order valence-electron chi connectivity index (χ4n) is 5.28. The van der Waals surface area contributed by atoms with Crippen LogP contribution in [0.25, 0.3) is 16.6 Å². The number of nitrogens with one attached hydrogen (secondary N) is 1. The summed E-state index contributed by atoms with van der Waals surface area (Å²) >= 11 is 5.98. The molecule has 3 amide bonds. The second-order valence-corrected chi connectivity index (χ2v) is 9.33. The van der Waals surface area contributed by atoms with Gasteiger partial charge in [0.25, 0.3) is 0 Å². The molecule has 11 heteroatoms. The summed E-state index contributed by atoms with van der Waals surface area (Å²) < 4.78 is 1.60. The van der Waals surface area contributed by atoms with E-state index in [1.54, 1.807) is 9.58 Å². The van der Waals surface area contributed by atoms with Crippen LogP contribution in [-0.2, 0) is 16.1 Å². The van der Waals surface area contributed by atoms with Crippen LogP contribution < -0.4 is 16.8 Å². The fraction of sp³-hybridized carbons (Fsp3) is 0.292. The predicted octanol–water partition coefficient (Wildman–Crippen LogP) is 2.13. The maximum atomic E-state index is 13.5. The van der Waals surface area contributed by atoms with Gasteiger partial charge in [0.1, 0.15) is 29.3 Å². The lowest BCUT2D eigenvalue weighted by atomic mass is 9.97. The Bertz CT molecular complexity index is 1380. The Labute approximate surface area is 205 Å². The van der Waals surface area contributed by atoms with Crippen LogP contribution in [0.1, 0.15) is 35.3 Å². The van der Waals surface area contributed by atoms with Gasteiger partial charge in [-0.05, 0) is 43.4 Å². The molecule has 35 heavy (non-hydrogen) atoms. The molecule has 2 aliphatic rings. The van der Waals surface area contributed by atoms with Gasteiger partial charge in [-0.3, -0.25) is 19.1 Å². The van der Waals surface area contributed by atoms with Gasteiger partial charge in [-0.25, -0.2) is 4.98 Å². The number of halogens is 1. The first-order valence-corrected chi connectivity index (χ1v) is 11.6. The van der Waals surface area contributed by atoms with Crippen molar-refractivity contribution in [3.63, 3.8) is 0 Å². The van der Waals surface area contributed by atoms with Gasteiger partial charge in [-0.1, -0.05) is 36.4 Å². The zero-order valence-corrected chi connectivity index (χ0v) is 19.5. The van der Waals surface area contributed by atoms with Crippen LogP contribution in [0.4, 0.5) is 5.82 Å². The van der Waals surface area contributed by atoms with E-state index in [4.69, 9.17) is 23.1 Å². The smallest absolute Gasteiger partial charge is 0.248 e. The maximum absolute atomic E-state index is 13.5. The van der Waals surface area contributed by atoms with Crippen molar-refractivity contribution in [3.8, 4) is 0 Å². The van der Waals surface area contributed by atoms with Gasteiger partial charge < -0.3 is 21.7 Å². The summed E-state index contributed by atoms with van der Waals surface area (Å²) in [5.74, 6) is -1.13. The van der Waals surface area contributed by atoms with Gasteiger partial charge in [-0.2, -0.15) is 5.10 Å². The number of likely N-dealkylation sites (tertiary alicyclic amines) is 1. The molecule has 1 saturated heterocycles. The largest absolute Gasteiger partial charge is 0.397 e. The van der Waals surface area contributed by atoms with Crippen LogP contribution in [0.5, 0.6) is 0 Å². The van der Waals surface area contributed by atoms with Gasteiger partial charge in [0, 0.05) is 17.0 Å². The zero-order chi connectivity index (χ0) is 24.9. The number of nitrogens with zero attached hydrogens (tertiary/aromatic N) is 4.